The molecule has 1 amide bonds. The molecule has 5 heteroatoms. The molecule has 1 heterocycles. The quantitative estimate of drug-likeness (QED) is 0.579. The van der Waals surface area contributed by atoms with Crippen LogP contribution in [0.4, 0.5) is 0 Å². The molecule has 1 aliphatic rings. The van der Waals surface area contributed by atoms with Gasteiger partial charge in [0.1, 0.15) is 0 Å². The lowest BCUT2D eigenvalue weighted by atomic mass is 10.00. The van der Waals surface area contributed by atoms with Crippen molar-refractivity contribution >= 4 is 18.3 Å². The minimum atomic E-state index is -0.0597. The zero-order valence-corrected chi connectivity index (χ0v) is 8.69. The van der Waals surface area contributed by atoms with Crippen molar-refractivity contribution in [2.45, 2.75) is 31.8 Å². The maximum atomic E-state index is 11.0. The van der Waals surface area contributed by atoms with Crippen LogP contribution < -0.4 is 16.4 Å². The summed E-state index contributed by atoms with van der Waals surface area (Å²) in [5, 5.41) is 6.20. The summed E-state index contributed by atoms with van der Waals surface area (Å²) in [6, 6.07) is 0.629. The van der Waals surface area contributed by atoms with E-state index in [-0.39, 0.29) is 30.9 Å². The van der Waals surface area contributed by atoms with Gasteiger partial charge < -0.3 is 16.4 Å². The average Bonchev–Trinajstić information content (AvgIpc) is 2.09. The van der Waals surface area contributed by atoms with Crippen molar-refractivity contribution in [3.05, 3.63) is 0 Å². The molecule has 1 saturated heterocycles. The van der Waals surface area contributed by atoms with Crippen molar-refractivity contribution in [3.63, 3.8) is 0 Å². The van der Waals surface area contributed by atoms with Crippen LogP contribution in [0.15, 0.2) is 0 Å². The van der Waals surface area contributed by atoms with Gasteiger partial charge in [-0.15, -0.1) is 12.4 Å². The molecular weight excluding hydrogens is 190 g/mol. The van der Waals surface area contributed by atoms with Crippen LogP contribution in [-0.4, -0.2) is 31.1 Å². The highest BCUT2D eigenvalue weighted by atomic mass is 35.5. The van der Waals surface area contributed by atoms with Crippen LogP contribution in [0.5, 0.6) is 0 Å². The Morgan fingerprint density at radius 2 is 2.38 bits per heavy atom. The van der Waals surface area contributed by atoms with Crippen LogP contribution in [0, 0.1) is 0 Å². The van der Waals surface area contributed by atoms with Crippen molar-refractivity contribution in [1.82, 2.24) is 10.6 Å². The minimum absolute atomic E-state index is 0. The molecule has 13 heavy (non-hydrogen) atoms. The lowest BCUT2D eigenvalue weighted by molar-refractivity contribution is -0.120. The van der Waals surface area contributed by atoms with E-state index in [1.165, 1.54) is 0 Å². The molecule has 0 saturated carbocycles. The van der Waals surface area contributed by atoms with E-state index in [1.54, 1.807) is 0 Å². The van der Waals surface area contributed by atoms with Gasteiger partial charge in [-0.1, -0.05) is 0 Å². The second-order valence-electron chi connectivity index (χ2n) is 3.26. The summed E-state index contributed by atoms with van der Waals surface area (Å²) in [6.45, 7) is 3.22. The lowest BCUT2D eigenvalue weighted by Crippen LogP contribution is -2.53. The molecule has 0 spiro atoms. The van der Waals surface area contributed by atoms with E-state index in [4.69, 9.17) is 5.73 Å². The predicted octanol–water partition coefficient (Wildman–Crippen LogP) is -0.376. The largest absolute Gasteiger partial charge is 0.351 e. The molecule has 78 valence electrons. The number of piperidine rings is 1. The van der Waals surface area contributed by atoms with Gasteiger partial charge in [0.2, 0.25) is 5.91 Å². The molecule has 0 bridgehead atoms. The molecule has 0 aromatic carbocycles. The second-order valence-corrected chi connectivity index (χ2v) is 3.26. The predicted molar refractivity (Wildman–Crippen MR) is 54.9 cm³/mol. The van der Waals surface area contributed by atoms with E-state index in [9.17, 15) is 4.79 Å². The minimum Gasteiger partial charge on any atom is -0.351 e. The standard InChI is InChI=1S/C8H17N3O.ClH/c1-6-7(3-2-4-10-6)11-8(12)5-9;/h6-7,10H,2-5,9H2,1H3,(H,11,12);1H. The number of carbonyl (C=O) groups is 1. The Bertz CT molecular complexity index is 165. The Kier molecular flexibility index (Phi) is 6.03. The van der Waals surface area contributed by atoms with Gasteiger partial charge in [-0.3, -0.25) is 4.79 Å². The van der Waals surface area contributed by atoms with E-state index in [1.807, 2.05) is 0 Å². The van der Waals surface area contributed by atoms with Crippen LogP contribution in [0.1, 0.15) is 19.8 Å². The summed E-state index contributed by atoms with van der Waals surface area (Å²) in [6.07, 6.45) is 2.18. The van der Waals surface area contributed by atoms with Crippen LogP contribution in [0.3, 0.4) is 0 Å². The van der Waals surface area contributed by atoms with E-state index < -0.39 is 0 Å². The molecule has 1 aliphatic heterocycles. The molecule has 0 aliphatic carbocycles. The number of nitrogens with two attached hydrogens (primary N) is 1. The van der Waals surface area contributed by atoms with Gasteiger partial charge in [0.15, 0.2) is 0 Å². The molecule has 0 radical (unpaired) electrons. The van der Waals surface area contributed by atoms with E-state index in [0.717, 1.165) is 19.4 Å². The number of halogens is 1. The van der Waals surface area contributed by atoms with Gasteiger partial charge in [0, 0.05) is 12.1 Å². The molecule has 4 nitrogen and oxygen atoms in total. The first kappa shape index (κ1) is 12.7. The zero-order valence-electron chi connectivity index (χ0n) is 7.88. The fourth-order valence-electron chi connectivity index (χ4n) is 1.51. The van der Waals surface area contributed by atoms with Crippen molar-refractivity contribution in [2.24, 2.45) is 5.73 Å². The lowest BCUT2D eigenvalue weighted by Gasteiger charge is -2.30. The van der Waals surface area contributed by atoms with Crippen molar-refractivity contribution in [3.8, 4) is 0 Å². The molecule has 2 unspecified atom stereocenters. The van der Waals surface area contributed by atoms with Gasteiger partial charge >= 0.3 is 0 Å². The first-order valence-electron chi connectivity index (χ1n) is 4.47. The number of carbonyl (C=O) groups excluding carboxylic acids is 1. The van der Waals surface area contributed by atoms with Gasteiger partial charge in [-0.25, -0.2) is 0 Å². The number of hydrogen-bond acceptors (Lipinski definition) is 3. The smallest absolute Gasteiger partial charge is 0.234 e. The van der Waals surface area contributed by atoms with Gasteiger partial charge in [0.05, 0.1) is 6.54 Å². The molecule has 1 rings (SSSR count). The van der Waals surface area contributed by atoms with Crippen molar-refractivity contribution in [1.29, 1.82) is 0 Å². The number of amides is 1. The molecule has 1 fully saturated rings. The van der Waals surface area contributed by atoms with Gasteiger partial charge in [-0.2, -0.15) is 0 Å². The Balaban J connectivity index is 0.00000144. The maximum Gasteiger partial charge on any atom is 0.234 e. The van der Waals surface area contributed by atoms with Crippen LogP contribution in [-0.2, 0) is 4.79 Å². The third kappa shape index (κ3) is 3.93. The van der Waals surface area contributed by atoms with E-state index in [2.05, 4.69) is 17.6 Å². The molecule has 2 atom stereocenters. The summed E-state index contributed by atoms with van der Waals surface area (Å²) in [4.78, 5) is 11.0. The third-order valence-corrected chi connectivity index (χ3v) is 2.29. The Labute approximate surface area is 85.0 Å². The number of rotatable bonds is 2. The summed E-state index contributed by atoms with van der Waals surface area (Å²) in [7, 11) is 0. The summed E-state index contributed by atoms with van der Waals surface area (Å²) in [5.41, 5.74) is 5.20. The molecule has 0 aromatic heterocycles. The van der Waals surface area contributed by atoms with Crippen molar-refractivity contribution in [2.75, 3.05) is 13.1 Å². The molecular formula is C8H18ClN3O. The highest BCUT2D eigenvalue weighted by Gasteiger charge is 2.21. The van der Waals surface area contributed by atoms with Gasteiger partial charge in [0.25, 0.3) is 0 Å². The summed E-state index contributed by atoms with van der Waals surface area (Å²) in [5.74, 6) is -0.0597. The van der Waals surface area contributed by atoms with Gasteiger partial charge in [-0.05, 0) is 26.3 Å². The Morgan fingerprint density at radius 3 is 2.92 bits per heavy atom. The molecule has 4 N–H and O–H groups in total. The fraction of sp³-hybridized carbons (Fsp3) is 0.875. The molecule has 0 aromatic rings. The maximum absolute atomic E-state index is 11.0. The number of nitrogens with one attached hydrogen (secondary N) is 2. The SMILES string of the molecule is CC1NCCCC1NC(=O)CN.Cl. The fourth-order valence-corrected chi connectivity index (χ4v) is 1.51. The third-order valence-electron chi connectivity index (χ3n) is 2.29. The van der Waals surface area contributed by atoms with Crippen LogP contribution in [0.2, 0.25) is 0 Å². The highest BCUT2D eigenvalue weighted by Crippen LogP contribution is 2.07. The average molecular weight is 208 g/mol. The monoisotopic (exact) mass is 207 g/mol. The Hall–Kier alpha value is -0.320. The topological polar surface area (TPSA) is 67.1 Å². The van der Waals surface area contributed by atoms with Crippen LogP contribution in [0.25, 0.3) is 0 Å². The summed E-state index contributed by atoms with van der Waals surface area (Å²) < 4.78 is 0. The normalized spacial score (nSPS) is 27.5. The Morgan fingerprint density at radius 1 is 1.69 bits per heavy atom. The zero-order chi connectivity index (χ0) is 8.97. The number of hydrogen-bond donors (Lipinski definition) is 3. The van der Waals surface area contributed by atoms with E-state index in [0.29, 0.717) is 6.04 Å². The highest BCUT2D eigenvalue weighted by molar-refractivity contribution is 5.85. The second kappa shape index (κ2) is 6.18. The van der Waals surface area contributed by atoms with Crippen LogP contribution >= 0.6 is 12.4 Å². The van der Waals surface area contributed by atoms with Crippen molar-refractivity contribution < 1.29 is 4.79 Å². The first-order chi connectivity index (χ1) is 5.74. The summed E-state index contributed by atoms with van der Waals surface area (Å²) >= 11 is 0. The van der Waals surface area contributed by atoms with E-state index >= 15 is 0 Å². The first-order valence-corrected chi connectivity index (χ1v) is 4.47.